The summed E-state index contributed by atoms with van der Waals surface area (Å²) in [6, 6.07) is 21.7. The first kappa shape index (κ1) is 20.1. The normalized spacial score (nSPS) is 12.7. The maximum absolute atomic E-state index is 6.70. The van der Waals surface area contributed by atoms with Crippen molar-refractivity contribution in [1.82, 2.24) is 0 Å². The average Bonchev–Trinajstić information content (AvgIpc) is 2.64. The van der Waals surface area contributed by atoms with Crippen LogP contribution in [-0.4, -0.2) is 31.5 Å². The molecular formula is C19H25ClO2PW. The molecule has 0 amide bonds. The zero-order chi connectivity index (χ0) is 17.2. The van der Waals surface area contributed by atoms with Crippen LogP contribution in [0.4, 0.5) is 0 Å². The van der Waals surface area contributed by atoms with Crippen molar-refractivity contribution < 1.29 is 25.7 Å². The van der Waals surface area contributed by atoms with E-state index in [-0.39, 0.29) is 12.4 Å². The van der Waals surface area contributed by atoms with Crippen molar-refractivity contribution in [3.8, 4) is 0 Å². The number of methoxy groups -OCH3 is 2. The molecule has 0 saturated heterocycles. The van der Waals surface area contributed by atoms with Gasteiger partial charge in [0, 0.05) is 0 Å². The van der Waals surface area contributed by atoms with Gasteiger partial charge < -0.3 is 0 Å². The molecule has 0 aliphatic carbocycles. The van der Waals surface area contributed by atoms with E-state index in [1.807, 2.05) is 0 Å². The number of hydrogen-bond donors (Lipinski definition) is 0. The predicted molar refractivity (Wildman–Crippen MR) is 102 cm³/mol. The molecule has 1 unspecified atom stereocenters. The van der Waals surface area contributed by atoms with Crippen LogP contribution in [0.15, 0.2) is 60.7 Å². The number of ether oxygens (including phenoxy) is 2. The molecule has 0 aromatic heterocycles. The molecule has 131 valence electrons. The topological polar surface area (TPSA) is 18.5 Å². The molecule has 0 spiro atoms. The Morgan fingerprint density at radius 1 is 0.958 bits per heavy atom. The first-order valence-electron chi connectivity index (χ1n) is 8.01. The van der Waals surface area contributed by atoms with E-state index < -0.39 is 16.3 Å². The first-order chi connectivity index (χ1) is 11.8. The van der Waals surface area contributed by atoms with Gasteiger partial charge in [0.15, 0.2) is 0 Å². The van der Waals surface area contributed by atoms with Crippen molar-refractivity contribution in [2.75, 3.05) is 27.0 Å². The maximum atomic E-state index is 6.70. The zero-order valence-electron chi connectivity index (χ0n) is 14.2. The van der Waals surface area contributed by atoms with Crippen molar-refractivity contribution in [2.45, 2.75) is 15.7 Å². The van der Waals surface area contributed by atoms with Crippen LogP contribution < -0.4 is 10.6 Å². The third-order valence-electron chi connectivity index (χ3n) is 3.71. The Bertz CT molecular complexity index is 531. The molecule has 0 fully saturated rings. The SMILES string of the molecule is COC[CH](OC)[W]([Cl])[CH2]CCP(c1ccccc1)c1ccccc1. The van der Waals surface area contributed by atoms with Crippen molar-refractivity contribution in [2.24, 2.45) is 0 Å². The van der Waals surface area contributed by atoms with Gasteiger partial charge in [0.1, 0.15) is 0 Å². The average molecular weight is 536 g/mol. The fourth-order valence-electron chi connectivity index (χ4n) is 2.50. The number of benzene rings is 2. The van der Waals surface area contributed by atoms with E-state index in [9.17, 15) is 0 Å². The summed E-state index contributed by atoms with van der Waals surface area (Å²) in [5.41, 5.74) is 0. The Hall–Kier alpha value is -0.232. The van der Waals surface area contributed by atoms with Crippen molar-refractivity contribution in [3.05, 3.63) is 60.7 Å². The molecule has 0 saturated carbocycles. The van der Waals surface area contributed by atoms with E-state index >= 15 is 0 Å². The summed E-state index contributed by atoms with van der Waals surface area (Å²) in [5, 5.41) is 2.89. The summed E-state index contributed by atoms with van der Waals surface area (Å²) in [4.78, 5) is 1.13. The first-order valence-corrected chi connectivity index (χ1v) is 16.9. The van der Waals surface area contributed by atoms with E-state index in [1.54, 1.807) is 14.2 Å². The molecule has 2 rings (SSSR count). The molecule has 2 aromatic rings. The third-order valence-corrected chi connectivity index (χ3v) is 14.9. The summed E-state index contributed by atoms with van der Waals surface area (Å²) >= 11 is -2.02. The van der Waals surface area contributed by atoms with Gasteiger partial charge in [0.2, 0.25) is 0 Å². The summed E-state index contributed by atoms with van der Waals surface area (Å²) in [5.74, 6) is 0. The molecule has 0 heterocycles. The molecule has 2 aromatic carbocycles. The second-order valence-corrected chi connectivity index (χ2v) is 16.9. The number of hydrogen-bond acceptors (Lipinski definition) is 2. The molecule has 24 heavy (non-hydrogen) atoms. The Balaban J connectivity index is 2.00. The van der Waals surface area contributed by atoms with E-state index in [4.69, 9.17) is 18.9 Å². The molecule has 1 atom stereocenters. The zero-order valence-corrected chi connectivity index (χ0v) is 18.8. The van der Waals surface area contributed by atoms with Gasteiger partial charge in [-0.25, -0.2) is 0 Å². The Kier molecular flexibility index (Phi) is 9.54. The van der Waals surface area contributed by atoms with E-state index in [0.29, 0.717) is 6.61 Å². The third kappa shape index (κ3) is 6.25. The Labute approximate surface area is 156 Å². The summed E-state index contributed by atoms with van der Waals surface area (Å²) in [6.07, 6.45) is 2.35. The van der Waals surface area contributed by atoms with Gasteiger partial charge >= 0.3 is 157 Å². The van der Waals surface area contributed by atoms with Gasteiger partial charge in [-0.15, -0.1) is 0 Å². The van der Waals surface area contributed by atoms with Gasteiger partial charge in [0.25, 0.3) is 0 Å². The monoisotopic (exact) mass is 535 g/mol. The van der Waals surface area contributed by atoms with E-state index in [1.165, 1.54) is 16.8 Å². The molecule has 0 N–H and O–H groups in total. The number of halogens is 1. The van der Waals surface area contributed by atoms with Crippen LogP contribution in [0.25, 0.3) is 0 Å². The van der Waals surface area contributed by atoms with Crippen LogP contribution in [0.5, 0.6) is 0 Å². The second-order valence-electron chi connectivity index (χ2n) is 5.37. The van der Waals surface area contributed by atoms with E-state index in [0.717, 1.165) is 11.2 Å². The summed E-state index contributed by atoms with van der Waals surface area (Å²) < 4.78 is 10.9. The fourth-order valence-corrected chi connectivity index (χ4v) is 11.8. The van der Waals surface area contributed by atoms with Gasteiger partial charge in [-0.05, 0) is 0 Å². The van der Waals surface area contributed by atoms with Gasteiger partial charge in [-0.1, -0.05) is 0 Å². The van der Waals surface area contributed by atoms with Crippen LogP contribution in [0.1, 0.15) is 6.42 Å². The Morgan fingerprint density at radius 3 is 1.96 bits per heavy atom. The van der Waals surface area contributed by atoms with Gasteiger partial charge in [-0.2, -0.15) is 0 Å². The Morgan fingerprint density at radius 2 is 1.50 bits per heavy atom. The second kappa shape index (κ2) is 11.4. The molecule has 0 radical (unpaired) electrons. The molecule has 5 heteroatoms. The van der Waals surface area contributed by atoms with Crippen LogP contribution >= 0.6 is 17.3 Å². The van der Waals surface area contributed by atoms with Crippen LogP contribution in [0, 0.1) is 0 Å². The van der Waals surface area contributed by atoms with Gasteiger partial charge in [0.05, 0.1) is 0 Å². The summed E-state index contributed by atoms with van der Waals surface area (Å²) in [7, 11) is 9.84. The molecule has 2 nitrogen and oxygen atoms in total. The van der Waals surface area contributed by atoms with Crippen molar-refractivity contribution in [3.63, 3.8) is 0 Å². The van der Waals surface area contributed by atoms with Crippen LogP contribution in [-0.2, 0) is 25.7 Å². The standard InChI is InChI=1S/C15H16P.C4H9O2.ClH.W/c1-2-13-16(14-9-5-3-6-10-14)15-11-7-4-8-12-15;1-5-3-4-6-2;;/h3-12H,1-2,13H2;3H,4H2,1-2H3;1H;/q;;;+1/p-1. The van der Waals surface area contributed by atoms with Crippen LogP contribution in [0.2, 0.25) is 4.81 Å². The molecule has 0 bridgehead atoms. The minimum absolute atomic E-state index is 0.149. The predicted octanol–water partition coefficient (Wildman–Crippen LogP) is 4.32. The molecule has 0 aliphatic heterocycles. The van der Waals surface area contributed by atoms with E-state index in [2.05, 4.69) is 60.7 Å². The molecular weight excluding hydrogens is 510 g/mol. The van der Waals surface area contributed by atoms with Gasteiger partial charge in [-0.3, -0.25) is 0 Å². The number of rotatable bonds is 10. The summed E-state index contributed by atoms with van der Waals surface area (Å²) in [6.45, 7) is 0.625. The minimum atomic E-state index is -2.02. The van der Waals surface area contributed by atoms with Crippen molar-refractivity contribution >= 4 is 27.9 Å². The quantitative estimate of drug-likeness (QED) is 0.422. The fraction of sp³-hybridized carbons (Fsp3) is 0.368. The van der Waals surface area contributed by atoms with Crippen LogP contribution in [0.3, 0.4) is 0 Å². The molecule has 0 aliphatic rings. The van der Waals surface area contributed by atoms with Crippen molar-refractivity contribution in [1.29, 1.82) is 0 Å².